The molecule has 29 heavy (non-hydrogen) atoms. The molecule has 0 spiro atoms. The van der Waals surface area contributed by atoms with Crippen molar-refractivity contribution in [3.05, 3.63) is 59.6 Å². The number of hydrogen-bond donors (Lipinski definition) is 1. The molecule has 1 aliphatic rings. The zero-order valence-electron chi connectivity index (χ0n) is 17.6. The van der Waals surface area contributed by atoms with E-state index < -0.39 is 0 Å². The van der Waals surface area contributed by atoms with Gasteiger partial charge in [-0.15, -0.1) is 0 Å². The molecule has 1 amide bonds. The molecule has 1 saturated heterocycles. The fraction of sp³-hybridized carbons (Fsp3) is 0.435. The molecule has 1 aromatic carbocycles. The van der Waals surface area contributed by atoms with Crippen LogP contribution < -0.4 is 10.2 Å². The first-order chi connectivity index (χ1) is 14.0. The van der Waals surface area contributed by atoms with Gasteiger partial charge in [0, 0.05) is 45.3 Å². The Hall–Kier alpha value is -2.73. The van der Waals surface area contributed by atoms with Crippen molar-refractivity contribution in [1.29, 1.82) is 0 Å². The van der Waals surface area contributed by atoms with Gasteiger partial charge in [-0.2, -0.15) is 0 Å². The van der Waals surface area contributed by atoms with Crippen LogP contribution in [0, 0.1) is 12.8 Å². The van der Waals surface area contributed by atoms with Gasteiger partial charge in [-0.1, -0.05) is 56.3 Å². The van der Waals surface area contributed by atoms with Gasteiger partial charge in [-0.3, -0.25) is 9.69 Å². The molecule has 0 aliphatic carbocycles. The molecule has 1 fully saturated rings. The highest BCUT2D eigenvalue weighted by molar-refractivity contribution is 5.92. The molecule has 0 atom stereocenters. The lowest BCUT2D eigenvalue weighted by Crippen LogP contribution is -2.46. The lowest BCUT2D eigenvalue weighted by atomic mass is 10.2. The second-order valence-corrected chi connectivity index (χ2v) is 7.86. The number of nitrogens with zero attached hydrogens (tertiary/aromatic N) is 4. The number of rotatable bonds is 7. The van der Waals surface area contributed by atoms with Crippen molar-refractivity contribution < 1.29 is 4.79 Å². The summed E-state index contributed by atoms with van der Waals surface area (Å²) in [7, 11) is 0. The van der Waals surface area contributed by atoms with E-state index in [0.29, 0.717) is 24.0 Å². The van der Waals surface area contributed by atoms with Crippen LogP contribution in [-0.2, 0) is 0 Å². The Bertz CT molecular complexity index is 826. The second-order valence-electron chi connectivity index (χ2n) is 7.86. The normalized spacial score (nSPS) is 15.2. The summed E-state index contributed by atoms with van der Waals surface area (Å²) in [4.78, 5) is 25.9. The van der Waals surface area contributed by atoms with Crippen LogP contribution in [0.4, 0.5) is 5.82 Å². The van der Waals surface area contributed by atoms with Crippen molar-refractivity contribution >= 4 is 17.8 Å². The first-order valence-electron chi connectivity index (χ1n) is 10.3. The van der Waals surface area contributed by atoms with Gasteiger partial charge in [-0.25, -0.2) is 9.97 Å². The van der Waals surface area contributed by atoms with Crippen LogP contribution in [0.3, 0.4) is 0 Å². The molecule has 154 valence electrons. The van der Waals surface area contributed by atoms with E-state index in [2.05, 4.69) is 75.3 Å². The van der Waals surface area contributed by atoms with Crippen molar-refractivity contribution in [3.63, 3.8) is 0 Å². The molecule has 6 heteroatoms. The summed E-state index contributed by atoms with van der Waals surface area (Å²) in [6.07, 6.45) is 4.39. The third-order valence-corrected chi connectivity index (χ3v) is 4.90. The maximum absolute atomic E-state index is 12.4. The average molecular weight is 394 g/mol. The standard InChI is InChI=1S/C23H31N5O/c1-18(2)17-24-23(29)21-16-22(26-19(3)25-21)28-14-12-27(13-15-28)11-7-10-20-8-5-4-6-9-20/h4-10,16,18H,11-15,17H2,1-3H3,(H,24,29)/b10-7+. The number of nitrogens with one attached hydrogen (secondary N) is 1. The Balaban J connectivity index is 1.55. The van der Waals surface area contributed by atoms with Gasteiger partial charge in [-0.05, 0) is 18.4 Å². The van der Waals surface area contributed by atoms with E-state index in [4.69, 9.17) is 0 Å². The molecule has 3 rings (SSSR count). The molecule has 0 saturated carbocycles. The number of hydrogen-bond acceptors (Lipinski definition) is 5. The predicted octanol–water partition coefficient (Wildman–Crippen LogP) is 3.01. The molecule has 0 bridgehead atoms. The average Bonchev–Trinajstić information content (AvgIpc) is 2.73. The van der Waals surface area contributed by atoms with Gasteiger partial charge in [0.1, 0.15) is 17.3 Å². The quantitative estimate of drug-likeness (QED) is 0.784. The van der Waals surface area contributed by atoms with E-state index in [9.17, 15) is 4.79 Å². The van der Waals surface area contributed by atoms with Gasteiger partial charge in [0.2, 0.25) is 0 Å². The van der Waals surface area contributed by atoms with Crippen LogP contribution in [0.15, 0.2) is 42.5 Å². The van der Waals surface area contributed by atoms with E-state index in [1.54, 1.807) is 0 Å². The Morgan fingerprint density at radius 2 is 1.86 bits per heavy atom. The van der Waals surface area contributed by atoms with Crippen molar-refractivity contribution in [2.75, 3.05) is 44.2 Å². The number of carbonyl (C=O) groups is 1. The molecule has 6 nitrogen and oxygen atoms in total. The predicted molar refractivity (Wildman–Crippen MR) is 118 cm³/mol. The number of aryl methyl sites for hydroxylation is 1. The molecule has 0 radical (unpaired) electrons. The molecule has 2 aromatic rings. The largest absolute Gasteiger partial charge is 0.354 e. The topological polar surface area (TPSA) is 61.4 Å². The summed E-state index contributed by atoms with van der Waals surface area (Å²) in [6, 6.07) is 12.2. The number of benzene rings is 1. The highest BCUT2D eigenvalue weighted by atomic mass is 16.1. The van der Waals surface area contributed by atoms with Gasteiger partial charge < -0.3 is 10.2 Å². The van der Waals surface area contributed by atoms with E-state index in [1.165, 1.54) is 5.56 Å². The minimum atomic E-state index is -0.130. The Morgan fingerprint density at radius 1 is 1.14 bits per heavy atom. The van der Waals surface area contributed by atoms with E-state index in [1.807, 2.05) is 19.1 Å². The summed E-state index contributed by atoms with van der Waals surface area (Å²) >= 11 is 0. The number of carbonyl (C=O) groups excluding carboxylic acids is 1. The van der Waals surface area contributed by atoms with Crippen LogP contribution in [0.5, 0.6) is 0 Å². The monoisotopic (exact) mass is 393 g/mol. The van der Waals surface area contributed by atoms with Crippen LogP contribution in [0.1, 0.15) is 35.7 Å². The molecular formula is C23H31N5O. The van der Waals surface area contributed by atoms with Crippen LogP contribution in [0.2, 0.25) is 0 Å². The van der Waals surface area contributed by atoms with Crippen molar-refractivity contribution in [1.82, 2.24) is 20.2 Å². The van der Waals surface area contributed by atoms with Crippen molar-refractivity contribution in [2.24, 2.45) is 5.92 Å². The van der Waals surface area contributed by atoms with E-state index >= 15 is 0 Å². The third-order valence-electron chi connectivity index (χ3n) is 4.90. The fourth-order valence-corrected chi connectivity index (χ4v) is 3.28. The fourth-order valence-electron chi connectivity index (χ4n) is 3.28. The van der Waals surface area contributed by atoms with E-state index in [-0.39, 0.29) is 5.91 Å². The van der Waals surface area contributed by atoms with Gasteiger partial charge in [0.15, 0.2) is 0 Å². The molecule has 1 aliphatic heterocycles. The molecule has 1 N–H and O–H groups in total. The zero-order chi connectivity index (χ0) is 20.6. The number of anilines is 1. The zero-order valence-corrected chi connectivity index (χ0v) is 17.6. The minimum absolute atomic E-state index is 0.130. The van der Waals surface area contributed by atoms with Crippen molar-refractivity contribution in [2.45, 2.75) is 20.8 Å². The SMILES string of the molecule is Cc1nc(C(=O)NCC(C)C)cc(N2CCN(C/C=C/c3ccccc3)CC2)n1. The number of aromatic nitrogens is 2. The summed E-state index contributed by atoms with van der Waals surface area (Å²) in [5.74, 6) is 1.75. The summed E-state index contributed by atoms with van der Waals surface area (Å²) in [5, 5.41) is 2.94. The third kappa shape index (κ3) is 6.39. The van der Waals surface area contributed by atoms with Crippen LogP contribution in [0.25, 0.3) is 6.08 Å². The van der Waals surface area contributed by atoms with Crippen LogP contribution >= 0.6 is 0 Å². The first-order valence-corrected chi connectivity index (χ1v) is 10.3. The van der Waals surface area contributed by atoms with Gasteiger partial charge >= 0.3 is 0 Å². The van der Waals surface area contributed by atoms with E-state index in [0.717, 1.165) is 38.5 Å². The highest BCUT2D eigenvalue weighted by Gasteiger charge is 2.19. The molecule has 1 aromatic heterocycles. The van der Waals surface area contributed by atoms with Gasteiger partial charge in [0.05, 0.1) is 0 Å². The maximum atomic E-state index is 12.4. The maximum Gasteiger partial charge on any atom is 0.270 e. The molecular weight excluding hydrogens is 362 g/mol. The molecule has 2 heterocycles. The Kier molecular flexibility index (Phi) is 7.36. The second kappa shape index (κ2) is 10.2. The van der Waals surface area contributed by atoms with Crippen molar-refractivity contribution in [3.8, 4) is 0 Å². The minimum Gasteiger partial charge on any atom is -0.354 e. The lowest BCUT2D eigenvalue weighted by Gasteiger charge is -2.35. The molecule has 0 unspecified atom stereocenters. The summed E-state index contributed by atoms with van der Waals surface area (Å²) in [6.45, 7) is 11.3. The highest BCUT2D eigenvalue weighted by Crippen LogP contribution is 2.16. The van der Waals surface area contributed by atoms with Gasteiger partial charge in [0.25, 0.3) is 5.91 Å². The Morgan fingerprint density at radius 3 is 2.55 bits per heavy atom. The number of piperazine rings is 1. The summed E-state index contributed by atoms with van der Waals surface area (Å²) in [5.41, 5.74) is 1.67. The first kappa shape index (κ1) is 21.0. The van der Waals surface area contributed by atoms with Crippen LogP contribution in [-0.4, -0.2) is 60.0 Å². The summed E-state index contributed by atoms with van der Waals surface area (Å²) < 4.78 is 0. The Labute approximate surface area is 173 Å². The smallest absolute Gasteiger partial charge is 0.270 e. The number of amides is 1. The lowest BCUT2D eigenvalue weighted by molar-refractivity contribution is 0.0943.